The van der Waals surface area contributed by atoms with Crippen LogP contribution in [0, 0.1) is 5.92 Å². The molecule has 0 saturated carbocycles. The van der Waals surface area contributed by atoms with E-state index in [-0.39, 0.29) is 0 Å². The maximum absolute atomic E-state index is 8.87. The van der Waals surface area contributed by atoms with Crippen LogP contribution in [0.4, 0.5) is 0 Å². The Morgan fingerprint density at radius 2 is 1.92 bits per heavy atom. The second-order valence-corrected chi connectivity index (χ2v) is 3.87. The Labute approximate surface area is 76.6 Å². The van der Waals surface area contributed by atoms with Crippen molar-refractivity contribution in [3.63, 3.8) is 0 Å². The second-order valence-electron chi connectivity index (χ2n) is 3.87. The van der Waals surface area contributed by atoms with E-state index in [4.69, 9.17) is 5.11 Å². The van der Waals surface area contributed by atoms with E-state index < -0.39 is 0 Å². The summed E-state index contributed by atoms with van der Waals surface area (Å²) in [6.45, 7) is 7.82. The first-order chi connectivity index (χ1) is 5.61. The predicted molar refractivity (Wildman–Crippen MR) is 53.2 cm³/mol. The zero-order valence-electron chi connectivity index (χ0n) is 8.88. The summed E-state index contributed by atoms with van der Waals surface area (Å²) >= 11 is 0. The molecule has 0 heterocycles. The fourth-order valence-electron chi connectivity index (χ4n) is 1.37. The zero-order valence-corrected chi connectivity index (χ0v) is 8.88. The van der Waals surface area contributed by atoms with Crippen molar-refractivity contribution < 1.29 is 5.11 Å². The number of hydrogen-bond donors (Lipinski definition) is 1. The van der Waals surface area contributed by atoms with E-state index in [1.807, 2.05) is 0 Å². The molecule has 0 bridgehead atoms. The van der Waals surface area contributed by atoms with Crippen molar-refractivity contribution in [2.45, 2.75) is 39.7 Å². The zero-order chi connectivity index (χ0) is 9.56. The van der Waals surface area contributed by atoms with Gasteiger partial charge in [0.15, 0.2) is 0 Å². The molecule has 1 N–H and O–H groups in total. The Morgan fingerprint density at radius 3 is 2.33 bits per heavy atom. The molecule has 0 amide bonds. The first kappa shape index (κ1) is 11.9. The van der Waals surface area contributed by atoms with E-state index in [9.17, 15) is 0 Å². The van der Waals surface area contributed by atoms with Gasteiger partial charge in [-0.3, -0.25) is 0 Å². The lowest BCUT2D eigenvalue weighted by atomic mass is 10.1. The molecule has 0 rings (SSSR count). The maximum atomic E-state index is 8.87. The van der Waals surface area contributed by atoms with Crippen molar-refractivity contribution in [1.29, 1.82) is 0 Å². The molecule has 2 heteroatoms. The van der Waals surface area contributed by atoms with Crippen molar-refractivity contribution >= 4 is 0 Å². The van der Waals surface area contributed by atoms with Gasteiger partial charge in [-0.1, -0.05) is 20.3 Å². The molecule has 74 valence electrons. The molecule has 0 fully saturated rings. The number of aliphatic hydroxyl groups is 1. The van der Waals surface area contributed by atoms with Gasteiger partial charge in [0.25, 0.3) is 0 Å². The summed E-state index contributed by atoms with van der Waals surface area (Å²) in [7, 11) is 2.13. The summed E-state index contributed by atoms with van der Waals surface area (Å²) in [5.41, 5.74) is 0. The van der Waals surface area contributed by atoms with Gasteiger partial charge in [-0.15, -0.1) is 0 Å². The van der Waals surface area contributed by atoms with Crippen molar-refractivity contribution in [3.05, 3.63) is 0 Å². The molecule has 0 aromatic carbocycles. The highest BCUT2D eigenvalue weighted by Crippen LogP contribution is 2.06. The van der Waals surface area contributed by atoms with Crippen LogP contribution in [0.5, 0.6) is 0 Å². The fourth-order valence-corrected chi connectivity index (χ4v) is 1.37. The van der Waals surface area contributed by atoms with Crippen LogP contribution in [-0.4, -0.2) is 36.2 Å². The van der Waals surface area contributed by atoms with Gasteiger partial charge in [-0.2, -0.15) is 0 Å². The monoisotopic (exact) mass is 173 g/mol. The lowest BCUT2D eigenvalue weighted by molar-refractivity contribution is 0.162. The normalized spacial score (nSPS) is 16.5. The average Bonchev–Trinajstić information content (AvgIpc) is 2.04. The second kappa shape index (κ2) is 6.44. The minimum atomic E-state index is 0.295. The first-order valence-electron chi connectivity index (χ1n) is 4.92. The van der Waals surface area contributed by atoms with Crippen LogP contribution in [-0.2, 0) is 0 Å². The number of rotatable bonds is 6. The minimum Gasteiger partial charge on any atom is -0.396 e. The van der Waals surface area contributed by atoms with Crippen LogP contribution >= 0.6 is 0 Å². The third-order valence-electron chi connectivity index (χ3n) is 2.37. The van der Waals surface area contributed by atoms with E-state index >= 15 is 0 Å². The van der Waals surface area contributed by atoms with Gasteiger partial charge in [0, 0.05) is 19.2 Å². The van der Waals surface area contributed by atoms with Crippen molar-refractivity contribution in [1.82, 2.24) is 4.90 Å². The summed E-state index contributed by atoms with van der Waals surface area (Å²) in [5, 5.41) is 8.87. The molecular weight excluding hydrogens is 150 g/mol. The van der Waals surface area contributed by atoms with Crippen LogP contribution in [0.25, 0.3) is 0 Å². The van der Waals surface area contributed by atoms with E-state index in [0.717, 1.165) is 6.54 Å². The topological polar surface area (TPSA) is 23.5 Å². The van der Waals surface area contributed by atoms with Crippen LogP contribution in [0.15, 0.2) is 0 Å². The Hall–Kier alpha value is -0.0800. The Bertz CT molecular complexity index is 106. The fraction of sp³-hybridized carbons (Fsp3) is 1.00. The van der Waals surface area contributed by atoms with Gasteiger partial charge in [0.05, 0.1) is 0 Å². The molecule has 2 atom stereocenters. The van der Waals surface area contributed by atoms with Crippen LogP contribution < -0.4 is 0 Å². The van der Waals surface area contributed by atoms with Gasteiger partial charge in [0.1, 0.15) is 0 Å². The predicted octanol–water partition coefficient (Wildman–Crippen LogP) is 1.74. The van der Waals surface area contributed by atoms with Crippen LogP contribution in [0.3, 0.4) is 0 Å². The summed E-state index contributed by atoms with van der Waals surface area (Å²) < 4.78 is 0. The van der Waals surface area contributed by atoms with Gasteiger partial charge < -0.3 is 10.0 Å². The summed E-state index contributed by atoms with van der Waals surface area (Å²) in [6.07, 6.45) is 2.48. The number of nitrogens with zero attached hydrogens (tertiary/aromatic N) is 1. The van der Waals surface area contributed by atoms with E-state index in [1.165, 1.54) is 12.8 Å². The molecule has 2 nitrogen and oxygen atoms in total. The lowest BCUT2D eigenvalue weighted by Crippen LogP contribution is -2.33. The third-order valence-corrected chi connectivity index (χ3v) is 2.37. The SMILES string of the molecule is CCCC(C)N(C)CC(C)CO. The van der Waals surface area contributed by atoms with Gasteiger partial charge in [-0.05, 0) is 26.3 Å². The Morgan fingerprint density at radius 1 is 1.33 bits per heavy atom. The third kappa shape index (κ3) is 4.73. The quantitative estimate of drug-likeness (QED) is 0.661. The first-order valence-corrected chi connectivity index (χ1v) is 4.92. The highest BCUT2D eigenvalue weighted by molar-refractivity contribution is 4.65. The summed E-state index contributed by atoms with van der Waals surface area (Å²) in [5.74, 6) is 0.398. The van der Waals surface area contributed by atoms with Crippen LogP contribution in [0.2, 0.25) is 0 Å². The molecule has 0 aliphatic carbocycles. The maximum Gasteiger partial charge on any atom is 0.0468 e. The molecule has 0 aromatic heterocycles. The van der Waals surface area contributed by atoms with Crippen molar-refractivity contribution in [3.8, 4) is 0 Å². The van der Waals surface area contributed by atoms with Gasteiger partial charge in [-0.25, -0.2) is 0 Å². The molecule has 0 aromatic rings. The standard InChI is InChI=1S/C10H23NO/c1-5-6-10(3)11(4)7-9(2)8-12/h9-10,12H,5-8H2,1-4H3. The van der Waals surface area contributed by atoms with Crippen LogP contribution in [0.1, 0.15) is 33.6 Å². The molecule has 0 spiro atoms. The van der Waals surface area contributed by atoms with E-state index in [1.54, 1.807) is 0 Å². The molecule has 0 saturated heterocycles. The Kier molecular flexibility index (Phi) is 6.39. The minimum absolute atomic E-state index is 0.295. The van der Waals surface area contributed by atoms with Crippen molar-refractivity contribution in [2.75, 3.05) is 20.2 Å². The highest BCUT2D eigenvalue weighted by Gasteiger charge is 2.10. The molecule has 0 aliphatic rings. The average molecular weight is 173 g/mol. The van der Waals surface area contributed by atoms with E-state index in [2.05, 4.69) is 32.7 Å². The Balaban J connectivity index is 3.62. The van der Waals surface area contributed by atoms with E-state index in [0.29, 0.717) is 18.6 Å². The number of aliphatic hydroxyl groups excluding tert-OH is 1. The largest absolute Gasteiger partial charge is 0.396 e. The highest BCUT2D eigenvalue weighted by atomic mass is 16.3. The summed E-state index contributed by atoms with van der Waals surface area (Å²) in [4.78, 5) is 2.32. The van der Waals surface area contributed by atoms with Gasteiger partial charge >= 0.3 is 0 Å². The molecule has 2 unspecified atom stereocenters. The lowest BCUT2D eigenvalue weighted by Gasteiger charge is -2.26. The molecule has 0 radical (unpaired) electrons. The molecule has 12 heavy (non-hydrogen) atoms. The number of hydrogen-bond acceptors (Lipinski definition) is 2. The van der Waals surface area contributed by atoms with Gasteiger partial charge in [0.2, 0.25) is 0 Å². The summed E-state index contributed by atoms with van der Waals surface area (Å²) in [6, 6.07) is 0.643. The molecule has 0 aliphatic heterocycles. The molecular formula is C10H23NO. The smallest absolute Gasteiger partial charge is 0.0468 e. The van der Waals surface area contributed by atoms with Crippen molar-refractivity contribution in [2.24, 2.45) is 5.92 Å².